The third-order valence-corrected chi connectivity index (χ3v) is 3.42. The van der Waals surface area contributed by atoms with Gasteiger partial charge in [-0.1, -0.05) is 19.1 Å². The zero-order chi connectivity index (χ0) is 18.5. The van der Waals surface area contributed by atoms with Crippen LogP contribution in [0.5, 0.6) is 0 Å². The molecule has 2 heterocycles. The van der Waals surface area contributed by atoms with Gasteiger partial charge in [0.15, 0.2) is 5.82 Å². The van der Waals surface area contributed by atoms with Crippen molar-refractivity contribution in [1.29, 1.82) is 0 Å². The topological polar surface area (TPSA) is 95.8 Å². The highest BCUT2D eigenvalue weighted by Gasteiger charge is 2.14. The van der Waals surface area contributed by atoms with Crippen molar-refractivity contribution in [3.63, 3.8) is 0 Å². The summed E-state index contributed by atoms with van der Waals surface area (Å²) in [4.78, 5) is 15.9. The van der Waals surface area contributed by atoms with E-state index < -0.39 is 18.0 Å². The maximum atomic E-state index is 14.1. The first-order valence-corrected chi connectivity index (χ1v) is 7.89. The van der Waals surface area contributed by atoms with Gasteiger partial charge in [-0.2, -0.15) is 19.3 Å². The molecule has 26 heavy (non-hydrogen) atoms. The Kier molecular flexibility index (Phi) is 5.28. The Morgan fingerprint density at radius 1 is 1.08 bits per heavy atom. The van der Waals surface area contributed by atoms with Crippen molar-refractivity contribution in [3.8, 4) is 11.4 Å². The number of nitrogens with one attached hydrogen (secondary N) is 2. The highest BCUT2D eigenvalue weighted by Crippen LogP contribution is 2.22. The molecule has 0 spiro atoms. The molecule has 0 amide bonds. The van der Waals surface area contributed by atoms with E-state index in [1.54, 1.807) is 19.1 Å². The molecule has 9 heteroatoms. The van der Waals surface area contributed by atoms with E-state index in [4.69, 9.17) is 0 Å². The van der Waals surface area contributed by atoms with E-state index in [-0.39, 0.29) is 23.3 Å². The number of benzene rings is 1. The fourth-order valence-electron chi connectivity index (χ4n) is 2.12. The lowest BCUT2D eigenvalue weighted by Crippen LogP contribution is -2.20. The van der Waals surface area contributed by atoms with Gasteiger partial charge in [0.25, 0.3) is 0 Å². The van der Waals surface area contributed by atoms with Crippen molar-refractivity contribution in [2.24, 2.45) is 0 Å². The fraction of sp³-hybridized carbons (Fsp3) is 0.176. The summed E-state index contributed by atoms with van der Waals surface area (Å²) in [5.41, 5.74) is 0.540. The Bertz CT molecular complexity index is 908. The molecule has 7 nitrogen and oxygen atoms in total. The number of rotatable bonds is 6. The summed E-state index contributed by atoms with van der Waals surface area (Å²) in [6, 6.07) is 8.73. The first-order chi connectivity index (χ1) is 12.5. The molecule has 0 fully saturated rings. The van der Waals surface area contributed by atoms with Crippen LogP contribution in [0.25, 0.3) is 11.4 Å². The molecule has 1 aromatic carbocycles. The van der Waals surface area contributed by atoms with Crippen LogP contribution < -0.4 is 10.6 Å². The predicted molar refractivity (Wildman–Crippen MR) is 92.6 cm³/mol. The summed E-state index contributed by atoms with van der Waals surface area (Å²) in [6.07, 6.45) is 0.826. The van der Waals surface area contributed by atoms with Crippen LogP contribution in [0.4, 0.5) is 26.4 Å². The fourth-order valence-corrected chi connectivity index (χ4v) is 2.12. The lowest BCUT2D eigenvalue weighted by atomic mass is 10.2. The minimum atomic E-state index is -0.878. The van der Waals surface area contributed by atoms with Gasteiger partial charge in [-0.05, 0) is 24.6 Å². The van der Waals surface area contributed by atoms with Crippen LogP contribution in [0.2, 0.25) is 0 Å². The third kappa shape index (κ3) is 4.25. The van der Waals surface area contributed by atoms with Crippen LogP contribution >= 0.6 is 0 Å². The highest BCUT2D eigenvalue weighted by atomic mass is 19.1. The van der Waals surface area contributed by atoms with Crippen molar-refractivity contribution in [1.82, 2.24) is 19.9 Å². The number of aliphatic hydroxyl groups excluding tert-OH is 1. The second-order valence-corrected chi connectivity index (χ2v) is 5.35. The molecule has 0 bridgehead atoms. The normalized spacial score (nSPS) is 11.8. The number of aromatic nitrogens is 4. The predicted octanol–water partition coefficient (Wildman–Crippen LogP) is 3.10. The molecule has 3 N–H and O–H groups in total. The average Bonchev–Trinajstić information content (AvgIpc) is 2.62. The van der Waals surface area contributed by atoms with Gasteiger partial charge in [-0.15, -0.1) is 0 Å². The van der Waals surface area contributed by atoms with Gasteiger partial charge in [0, 0.05) is 18.0 Å². The molecule has 2 aromatic heterocycles. The van der Waals surface area contributed by atoms with Crippen molar-refractivity contribution < 1.29 is 13.9 Å². The molecule has 1 unspecified atom stereocenters. The van der Waals surface area contributed by atoms with Crippen LogP contribution in [0, 0.1) is 11.8 Å². The summed E-state index contributed by atoms with van der Waals surface area (Å²) >= 11 is 0. The molecule has 1 atom stereocenters. The van der Waals surface area contributed by atoms with Gasteiger partial charge in [-0.25, -0.2) is 9.37 Å². The van der Waals surface area contributed by atoms with Crippen LogP contribution in [0.3, 0.4) is 0 Å². The molecule has 0 aliphatic heterocycles. The molecule has 0 saturated carbocycles. The second kappa shape index (κ2) is 7.79. The lowest BCUT2D eigenvalue weighted by molar-refractivity contribution is 0.198. The molecule has 3 rings (SSSR count). The summed E-state index contributed by atoms with van der Waals surface area (Å²) < 4.78 is 27.4. The van der Waals surface area contributed by atoms with E-state index in [0.29, 0.717) is 12.1 Å². The Balaban J connectivity index is 2.01. The smallest absolute Gasteiger partial charge is 0.232 e. The van der Waals surface area contributed by atoms with E-state index in [0.717, 1.165) is 0 Å². The first-order valence-electron chi connectivity index (χ1n) is 7.89. The van der Waals surface area contributed by atoms with Gasteiger partial charge >= 0.3 is 0 Å². The van der Waals surface area contributed by atoms with Crippen LogP contribution in [0.1, 0.15) is 13.3 Å². The van der Waals surface area contributed by atoms with E-state index in [1.807, 2.05) is 0 Å². The largest absolute Gasteiger partial charge is 0.374 e. The second-order valence-electron chi connectivity index (χ2n) is 5.35. The number of anilines is 3. The first kappa shape index (κ1) is 17.6. The Morgan fingerprint density at radius 2 is 1.85 bits per heavy atom. The molecule has 0 radical (unpaired) electrons. The number of hydrogen-bond donors (Lipinski definition) is 3. The zero-order valence-electron chi connectivity index (χ0n) is 13.8. The minimum Gasteiger partial charge on any atom is -0.374 e. The molecular formula is C17H16F2N6O. The molecule has 0 aliphatic rings. The van der Waals surface area contributed by atoms with Gasteiger partial charge in [0.2, 0.25) is 17.8 Å². The van der Waals surface area contributed by atoms with Crippen molar-refractivity contribution in [2.75, 3.05) is 10.6 Å². The molecule has 134 valence electrons. The van der Waals surface area contributed by atoms with Crippen LogP contribution in [-0.2, 0) is 0 Å². The van der Waals surface area contributed by atoms with E-state index >= 15 is 0 Å². The lowest BCUT2D eigenvalue weighted by Gasteiger charge is -2.13. The molecule has 0 saturated heterocycles. The number of pyridine rings is 1. The van der Waals surface area contributed by atoms with Crippen molar-refractivity contribution in [3.05, 3.63) is 54.4 Å². The number of hydrogen-bond acceptors (Lipinski definition) is 7. The van der Waals surface area contributed by atoms with Gasteiger partial charge in [0.05, 0.1) is 5.56 Å². The third-order valence-electron chi connectivity index (χ3n) is 3.42. The monoisotopic (exact) mass is 358 g/mol. The highest BCUT2D eigenvalue weighted by molar-refractivity contribution is 5.61. The zero-order valence-corrected chi connectivity index (χ0v) is 13.8. The van der Waals surface area contributed by atoms with E-state index in [9.17, 15) is 13.9 Å². The Labute approximate surface area is 148 Å². The van der Waals surface area contributed by atoms with Gasteiger partial charge in [0.1, 0.15) is 12.0 Å². The minimum absolute atomic E-state index is 0.0598. The summed E-state index contributed by atoms with van der Waals surface area (Å²) in [5, 5.41) is 15.3. The van der Waals surface area contributed by atoms with Gasteiger partial charge < -0.3 is 15.7 Å². The van der Waals surface area contributed by atoms with Crippen molar-refractivity contribution >= 4 is 17.6 Å². The molecule has 0 aliphatic carbocycles. The Hall–Kier alpha value is -3.20. The maximum absolute atomic E-state index is 14.1. The standard InChI is InChI=1S/C17H16F2N6O/c1-2-14(26)22-17-24-15(11-5-3-4-6-12(11)18)23-16(25-17)21-10-7-8-20-13(19)9-10/h3-9,14,26H,2H2,1H3,(H2,20,21,22,23,24,25). The SMILES string of the molecule is CCC(O)Nc1nc(Nc2ccnc(F)c2)nc(-c2ccccc2F)n1. The average molecular weight is 358 g/mol. The molecular weight excluding hydrogens is 342 g/mol. The number of aliphatic hydroxyl groups is 1. The van der Waals surface area contributed by atoms with Crippen molar-refractivity contribution in [2.45, 2.75) is 19.6 Å². The van der Waals surface area contributed by atoms with Gasteiger partial charge in [-0.3, -0.25) is 0 Å². The van der Waals surface area contributed by atoms with E-state index in [2.05, 4.69) is 30.6 Å². The summed E-state index contributed by atoms with van der Waals surface area (Å²) in [6.45, 7) is 1.77. The number of halogens is 2. The number of nitrogens with zero attached hydrogens (tertiary/aromatic N) is 4. The summed E-state index contributed by atoms with van der Waals surface area (Å²) in [7, 11) is 0. The molecule has 3 aromatic rings. The van der Waals surface area contributed by atoms with E-state index in [1.165, 1.54) is 30.5 Å². The maximum Gasteiger partial charge on any atom is 0.232 e. The quantitative estimate of drug-likeness (QED) is 0.460. The van der Waals surface area contributed by atoms with Crippen LogP contribution in [0.15, 0.2) is 42.6 Å². The van der Waals surface area contributed by atoms with Crippen LogP contribution in [-0.4, -0.2) is 31.3 Å². The summed E-state index contributed by atoms with van der Waals surface area (Å²) in [5.74, 6) is -0.972. The Morgan fingerprint density at radius 3 is 2.58 bits per heavy atom.